The Hall–Kier alpha value is -2.49. The number of anilines is 2. The first-order valence-electron chi connectivity index (χ1n) is 6.93. The van der Waals surface area contributed by atoms with Gasteiger partial charge in [-0.05, 0) is 49.2 Å². The molecular formula is C17H21N3O. The van der Waals surface area contributed by atoms with Crippen molar-refractivity contribution in [3.05, 3.63) is 59.7 Å². The van der Waals surface area contributed by atoms with E-state index in [4.69, 9.17) is 5.73 Å². The Morgan fingerprint density at radius 2 is 1.90 bits per heavy atom. The van der Waals surface area contributed by atoms with Crippen LogP contribution in [-0.4, -0.2) is 18.0 Å². The monoisotopic (exact) mass is 283 g/mol. The molecule has 21 heavy (non-hydrogen) atoms. The van der Waals surface area contributed by atoms with Crippen molar-refractivity contribution in [3.8, 4) is 0 Å². The summed E-state index contributed by atoms with van der Waals surface area (Å²) in [5, 5.41) is 2.90. The lowest BCUT2D eigenvalue weighted by Gasteiger charge is -2.26. The number of benzene rings is 2. The van der Waals surface area contributed by atoms with Gasteiger partial charge in [-0.15, -0.1) is 0 Å². The number of amides is 2. The van der Waals surface area contributed by atoms with Crippen molar-refractivity contribution in [1.29, 1.82) is 0 Å². The molecule has 2 aromatic carbocycles. The highest BCUT2D eigenvalue weighted by atomic mass is 16.2. The van der Waals surface area contributed by atoms with E-state index in [1.807, 2.05) is 62.4 Å². The van der Waals surface area contributed by atoms with Crippen LogP contribution in [0, 0.1) is 6.92 Å². The smallest absolute Gasteiger partial charge is 0.322 e. The number of nitrogens with two attached hydrogens (primary N) is 1. The van der Waals surface area contributed by atoms with Crippen LogP contribution in [0.5, 0.6) is 0 Å². The molecule has 0 aliphatic rings. The molecule has 110 valence electrons. The Labute approximate surface area is 125 Å². The first kappa shape index (κ1) is 14.9. The van der Waals surface area contributed by atoms with Gasteiger partial charge in [0.2, 0.25) is 0 Å². The van der Waals surface area contributed by atoms with Gasteiger partial charge in [-0.25, -0.2) is 4.79 Å². The Morgan fingerprint density at radius 1 is 1.19 bits per heavy atom. The zero-order chi connectivity index (χ0) is 15.4. The number of nitrogen functional groups attached to an aromatic ring is 1. The highest BCUT2D eigenvalue weighted by Gasteiger charge is 2.17. The molecule has 2 aromatic rings. The minimum absolute atomic E-state index is 0.0571. The minimum atomic E-state index is -0.143. The molecule has 0 heterocycles. The fraction of sp³-hybridized carbons (Fsp3) is 0.235. The second kappa shape index (κ2) is 6.31. The number of nitrogens with zero attached hydrogens (tertiary/aromatic N) is 1. The molecule has 0 fully saturated rings. The third-order valence-electron chi connectivity index (χ3n) is 3.56. The number of nitrogens with one attached hydrogen (secondary N) is 1. The van der Waals surface area contributed by atoms with Crippen molar-refractivity contribution in [2.75, 3.05) is 18.1 Å². The Balaban J connectivity index is 2.08. The van der Waals surface area contributed by atoms with E-state index in [0.717, 1.165) is 16.8 Å². The average Bonchev–Trinajstić information content (AvgIpc) is 2.45. The van der Waals surface area contributed by atoms with E-state index in [-0.39, 0.29) is 12.1 Å². The molecule has 2 rings (SSSR count). The van der Waals surface area contributed by atoms with Crippen molar-refractivity contribution >= 4 is 17.4 Å². The van der Waals surface area contributed by atoms with Gasteiger partial charge in [0.25, 0.3) is 0 Å². The van der Waals surface area contributed by atoms with Gasteiger partial charge < -0.3 is 16.0 Å². The van der Waals surface area contributed by atoms with Gasteiger partial charge in [0.15, 0.2) is 0 Å². The first-order valence-corrected chi connectivity index (χ1v) is 6.93. The predicted molar refractivity (Wildman–Crippen MR) is 87.2 cm³/mol. The van der Waals surface area contributed by atoms with Gasteiger partial charge in [0, 0.05) is 18.4 Å². The maximum atomic E-state index is 12.3. The fourth-order valence-electron chi connectivity index (χ4n) is 2.15. The zero-order valence-electron chi connectivity index (χ0n) is 12.6. The first-order chi connectivity index (χ1) is 9.97. The van der Waals surface area contributed by atoms with E-state index in [9.17, 15) is 4.79 Å². The summed E-state index contributed by atoms with van der Waals surface area (Å²) in [7, 11) is 1.78. The third-order valence-corrected chi connectivity index (χ3v) is 3.56. The van der Waals surface area contributed by atoms with Gasteiger partial charge in [0.05, 0.1) is 6.04 Å². The molecule has 3 N–H and O–H groups in total. The number of rotatable bonds is 3. The lowest BCUT2D eigenvalue weighted by atomic mass is 10.1. The number of hydrogen-bond acceptors (Lipinski definition) is 2. The highest BCUT2D eigenvalue weighted by molar-refractivity contribution is 5.89. The van der Waals surface area contributed by atoms with Crippen LogP contribution in [0.2, 0.25) is 0 Å². The van der Waals surface area contributed by atoms with Crippen LogP contribution in [0.1, 0.15) is 24.1 Å². The molecule has 0 aliphatic heterocycles. The quantitative estimate of drug-likeness (QED) is 0.842. The van der Waals surface area contributed by atoms with Gasteiger partial charge in [0.1, 0.15) is 0 Å². The molecule has 1 atom stereocenters. The fourth-order valence-corrected chi connectivity index (χ4v) is 2.15. The van der Waals surface area contributed by atoms with Crippen LogP contribution >= 0.6 is 0 Å². The van der Waals surface area contributed by atoms with Crippen molar-refractivity contribution in [2.45, 2.75) is 19.9 Å². The minimum Gasteiger partial charge on any atom is -0.399 e. The van der Waals surface area contributed by atoms with Crippen LogP contribution < -0.4 is 11.1 Å². The number of carbonyl (C=O) groups excluding carboxylic acids is 1. The number of hydrogen-bond donors (Lipinski definition) is 2. The molecule has 2 amide bonds. The third kappa shape index (κ3) is 3.75. The van der Waals surface area contributed by atoms with Crippen LogP contribution in [-0.2, 0) is 0 Å². The number of carbonyl (C=O) groups is 1. The van der Waals surface area contributed by atoms with E-state index in [2.05, 4.69) is 5.32 Å². The maximum absolute atomic E-state index is 12.3. The van der Waals surface area contributed by atoms with E-state index in [1.165, 1.54) is 0 Å². The van der Waals surface area contributed by atoms with Crippen LogP contribution in [0.25, 0.3) is 0 Å². The summed E-state index contributed by atoms with van der Waals surface area (Å²) in [5.41, 5.74) is 9.41. The van der Waals surface area contributed by atoms with Crippen molar-refractivity contribution in [1.82, 2.24) is 4.90 Å². The van der Waals surface area contributed by atoms with Crippen molar-refractivity contribution in [2.24, 2.45) is 0 Å². The topological polar surface area (TPSA) is 58.4 Å². The van der Waals surface area contributed by atoms with E-state index in [1.54, 1.807) is 11.9 Å². The van der Waals surface area contributed by atoms with E-state index < -0.39 is 0 Å². The highest BCUT2D eigenvalue weighted by Crippen LogP contribution is 2.21. The molecular weight excluding hydrogens is 262 g/mol. The summed E-state index contributed by atoms with van der Waals surface area (Å²) in [5.74, 6) is 0. The van der Waals surface area contributed by atoms with Crippen LogP contribution in [0.4, 0.5) is 16.2 Å². The van der Waals surface area contributed by atoms with E-state index >= 15 is 0 Å². The van der Waals surface area contributed by atoms with Gasteiger partial charge >= 0.3 is 6.03 Å². The van der Waals surface area contributed by atoms with Gasteiger partial charge in [-0.1, -0.05) is 24.3 Å². The lowest BCUT2D eigenvalue weighted by Crippen LogP contribution is -2.33. The summed E-state index contributed by atoms with van der Waals surface area (Å²) < 4.78 is 0. The van der Waals surface area contributed by atoms with Gasteiger partial charge in [-0.2, -0.15) is 0 Å². The van der Waals surface area contributed by atoms with E-state index in [0.29, 0.717) is 5.69 Å². The molecule has 4 nitrogen and oxygen atoms in total. The Morgan fingerprint density at radius 3 is 2.57 bits per heavy atom. The predicted octanol–water partition coefficient (Wildman–Crippen LogP) is 3.80. The van der Waals surface area contributed by atoms with Crippen LogP contribution in [0.15, 0.2) is 48.5 Å². The molecule has 0 spiro atoms. The summed E-state index contributed by atoms with van der Waals surface area (Å²) in [6, 6.07) is 15.1. The molecule has 0 aromatic heterocycles. The van der Waals surface area contributed by atoms with Crippen LogP contribution in [0.3, 0.4) is 0 Å². The molecule has 0 saturated heterocycles. The molecule has 0 radical (unpaired) electrons. The normalized spacial score (nSPS) is 11.8. The second-order valence-electron chi connectivity index (χ2n) is 5.26. The number of urea groups is 1. The van der Waals surface area contributed by atoms with Gasteiger partial charge in [-0.3, -0.25) is 0 Å². The second-order valence-corrected chi connectivity index (χ2v) is 5.26. The summed E-state index contributed by atoms with van der Waals surface area (Å²) in [4.78, 5) is 14.0. The molecule has 0 bridgehead atoms. The average molecular weight is 283 g/mol. The summed E-state index contributed by atoms with van der Waals surface area (Å²) >= 11 is 0. The largest absolute Gasteiger partial charge is 0.399 e. The zero-order valence-corrected chi connectivity index (χ0v) is 12.6. The maximum Gasteiger partial charge on any atom is 0.322 e. The van der Waals surface area contributed by atoms with Crippen molar-refractivity contribution in [3.63, 3.8) is 0 Å². The number of aryl methyl sites for hydroxylation is 1. The standard InChI is InChI=1S/C17H21N3O/c1-12-6-4-9-16(10-12)19-17(21)20(3)13(2)14-7-5-8-15(18)11-14/h4-11,13H,18H2,1-3H3,(H,19,21). The lowest BCUT2D eigenvalue weighted by molar-refractivity contribution is 0.208. The van der Waals surface area contributed by atoms with Crippen molar-refractivity contribution < 1.29 is 4.79 Å². The summed E-state index contributed by atoms with van der Waals surface area (Å²) in [6.45, 7) is 3.97. The SMILES string of the molecule is Cc1cccc(NC(=O)N(C)C(C)c2cccc(N)c2)c1. The molecule has 4 heteroatoms. The Kier molecular flexibility index (Phi) is 4.48. The molecule has 0 aliphatic carbocycles. The summed E-state index contributed by atoms with van der Waals surface area (Å²) in [6.07, 6.45) is 0. The Bertz CT molecular complexity index is 639. The molecule has 0 saturated carbocycles. The molecule has 1 unspecified atom stereocenters.